The predicted molar refractivity (Wildman–Crippen MR) is 42.6 cm³/mol. The molecule has 0 aromatic heterocycles. The average molecular weight is 144 g/mol. The normalized spacial score (nSPS) is 15.3. The molecular weight excluding hydrogens is 132 g/mol. The van der Waals surface area contributed by atoms with Crippen molar-refractivity contribution in [3.05, 3.63) is 11.6 Å². The fourth-order valence-electron chi connectivity index (χ4n) is 0.445. The highest BCUT2D eigenvalue weighted by molar-refractivity contribution is 7.96. The first-order valence-electron chi connectivity index (χ1n) is 2.95. The number of carbonyl (C=O) groups is 1. The van der Waals surface area contributed by atoms with E-state index in [4.69, 9.17) is 0 Å². The molecule has 0 spiro atoms. The summed E-state index contributed by atoms with van der Waals surface area (Å²) in [5.74, 6) is -0.0293. The first kappa shape index (κ1) is 8.76. The van der Waals surface area contributed by atoms with Crippen LogP contribution in [0.25, 0.3) is 0 Å². The van der Waals surface area contributed by atoms with Gasteiger partial charge in [-0.05, 0) is 13.8 Å². The van der Waals surface area contributed by atoms with E-state index >= 15 is 0 Å². The number of hydrogen-bond acceptors (Lipinski definition) is 1. The molecule has 1 atom stereocenters. The molecule has 0 fully saturated rings. The molecule has 0 rings (SSSR count). The molecule has 1 unspecified atom stereocenters. The highest BCUT2D eigenvalue weighted by Crippen LogP contribution is 2.11. The van der Waals surface area contributed by atoms with E-state index in [0.29, 0.717) is 0 Å². The molecule has 0 bridgehead atoms. The fraction of sp³-hybridized carbons (Fsp3) is 0.571. The van der Waals surface area contributed by atoms with Gasteiger partial charge < -0.3 is 0 Å². The smallest absolute Gasteiger partial charge is 0.192 e. The quantitative estimate of drug-likeness (QED) is 0.463. The number of allylic oxidation sites excluding steroid dienone is 2. The molecule has 0 saturated heterocycles. The summed E-state index contributed by atoms with van der Waals surface area (Å²) >= 11 is 3.71. The molecule has 0 aliphatic rings. The van der Waals surface area contributed by atoms with Crippen molar-refractivity contribution in [3.63, 3.8) is 0 Å². The van der Waals surface area contributed by atoms with Gasteiger partial charge in [0.2, 0.25) is 0 Å². The lowest BCUT2D eigenvalue weighted by Crippen LogP contribution is -2.04. The number of carbonyl (C=O) groups excluding carboxylic acids is 1. The van der Waals surface area contributed by atoms with Gasteiger partial charge in [0.25, 0.3) is 0 Å². The molecule has 2 heteroatoms. The first-order valence-corrected chi connectivity index (χ1v) is 3.40. The minimum absolute atomic E-state index is 0.0293. The van der Waals surface area contributed by atoms with Crippen molar-refractivity contribution in [2.24, 2.45) is 5.92 Å². The molecule has 0 heterocycles. The number of rotatable bonds is 2. The summed E-state index contributed by atoms with van der Waals surface area (Å²) in [5.41, 5.74) is 1.08. The lowest BCUT2D eigenvalue weighted by Gasteiger charge is -2.04. The maximum atomic E-state index is 10.6. The van der Waals surface area contributed by atoms with Gasteiger partial charge in [-0.1, -0.05) is 18.6 Å². The molecule has 0 saturated carbocycles. The Bertz CT molecular complexity index is 138. The van der Waals surface area contributed by atoms with Crippen LogP contribution in [0.15, 0.2) is 11.6 Å². The molecule has 0 aromatic carbocycles. The Kier molecular flexibility index (Phi) is 3.62. The standard InChI is InChI=1S/C7H12OS/c1-4-5(2)6(3)7(8)9/h4,6H,1-3H3,(H,8,9)/b5-4+. The van der Waals surface area contributed by atoms with E-state index in [9.17, 15) is 4.79 Å². The molecule has 0 aliphatic heterocycles. The van der Waals surface area contributed by atoms with Crippen LogP contribution in [-0.2, 0) is 4.79 Å². The molecule has 0 radical (unpaired) electrons. The van der Waals surface area contributed by atoms with Crippen molar-refractivity contribution < 1.29 is 4.79 Å². The molecule has 0 N–H and O–H groups in total. The Morgan fingerprint density at radius 1 is 1.67 bits per heavy atom. The Labute approximate surface area is 61.6 Å². The third kappa shape index (κ3) is 2.70. The van der Waals surface area contributed by atoms with E-state index in [1.54, 1.807) is 0 Å². The number of hydrogen-bond donors (Lipinski definition) is 1. The van der Waals surface area contributed by atoms with Gasteiger partial charge in [-0.25, -0.2) is 0 Å². The van der Waals surface area contributed by atoms with Crippen molar-refractivity contribution in [2.45, 2.75) is 20.8 Å². The van der Waals surface area contributed by atoms with Crippen molar-refractivity contribution in [3.8, 4) is 0 Å². The maximum absolute atomic E-state index is 10.6. The van der Waals surface area contributed by atoms with Crippen LogP contribution in [0.1, 0.15) is 20.8 Å². The molecule has 0 aliphatic carbocycles. The second-order valence-electron chi connectivity index (χ2n) is 2.09. The summed E-state index contributed by atoms with van der Waals surface area (Å²) in [6.07, 6.45) is 1.93. The van der Waals surface area contributed by atoms with Crippen LogP contribution in [0.5, 0.6) is 0 Å². The predicted octanol–water partition coefficient (Wildman–Crippen LogP) is 2.05. The van der Waals surface area contributed by atoms with Crippen LogP contribution in [0.3, 0.4) is 0 Å². The van der Waals surface area contributed by atoms with E-state index in [1.807, 2.05) is 26.8 Å². The van der Waals surface area contributed by atoms with Crippen LogP contribution < -0.4 is 0 Å². The van der Waals surface area contributed by atoms with Gasteiger partial charge in [-0.3, -0.25) is 4.79 Å². The van der Waals surface area contributed by atoms with Gasteiger partial charge in [0.1, 0.15) is 0 Å². The van der Waals surface area contributed by atoms with E-state index in [0.717, 1.165) is 5.57 Å². The van der Waals surface area contributed by atoms with E-state index in [1.165, 1.54) is 0 Å². The Morgan fingerprint density at radius 3 is 2.22 bits per heavy atom. The first-order chi connectivity index (χ1) is 4.09. The van der Waals surface area contributed by atoms with Gasteiger partial charge in [0.15, 0.2) is 5.12 Å². The second kappa shape index (κ2) is 3.72. The van der Waals surface area contributed by atoms with Crippen LogP contribution in [-0.4, -0.2) is 5.12 Å². The SMILES string of the molecule is C/C=C(\C)C(C)C(=O)S. The van der Waals surface area contributed by atoms with Gasteiger partial charge in [-0.2, -0.15) is 0 Å². The number of thiol groups is 1. The van der Waals surface area contributed by atoms with Crippen LogP contribution in [0.4, 0.5) is 0 Å². The largest absolute Gasteiger partial charge is 0.287 e. The highest BCUT2D eigenvalue weighted by atomic mass is 32.1. The van der Waals surface area contributed by atoms with Gasteiger partial charge in [0, 0.05) is 5.92 Å². The van der Waals surface area contributed by atoms with Crippen LogP contribution >= 0.6 is 12.6 Å². The van der Waals surface area contributed by atoms with Crippen LogP contribution in [0, 0.1) is 5.92 Å². The van der Waals surface area contributed by atoms with Crippen molar-refractivity contribution >= 4 is 17.7 Å². The molecule has 0 amide bonds. The van der Waals surface area contributed by atoms with Gasteiger partial charge in [-0.15, -0.1) is 12.6 Å². The Morgan fingerprint density at radius 2 is 2.11 bits per heavy atom. The molecule has 9 heavy (non-hydrogen) atoms. The summed E-state index contributed by atoms with van der Waals surface area (Å²) in [4.78, 5) is 10.6. The lowest BCUT2D eigenvalue weighted by molar-refractivity contribution is -0.112. The summed E-state index contributed by atoms with van der Waals surface area (Å²) in [6.45, 7) is 5.70. The Balaban J connectivity index is 4.04. The fourth-order valence-corrected chi connectivity index (χ4v) is 0.648. The third-order valence-electron chi connectivity index (χ3n) is 1.51. The molecule has 52 valence electrons. The van der Waals surface area contributed by atoms with E-state index in [-0.39, 0.29) is 11.0 Å². The topological polar surface area (TPSA) is 17.1 Å². The molecule has 0 aromatic rings. The zero-order chi connectivity index (χ0) is 7.44. The summed E-state index contributed by atoms with van der Waals surface area (Å²) < 4.78 is 0. The van der Waals surface area contributed by atoms with Crippen molar-refractivity contribution in [2.75, 3.05) is 0 Å². The summed E-state index contributed by atoms with van der Waals surface area (Å²) in [6, 6.07) is 0. The maximum Gasteiger partial charge on any atom is 0.192 e. The van der Waals surface area contributed by atoms with Gasteiger partial charge >= 0.3 is 0 Å². The minimum Gasteiger partial charge on any atom is -0.287 e. The zero-order valence-electron chi connectivity index (χ0n) is 6.01. The molecule has 1 nitrogen and oxygen atoms in total. The van der Waals surface area contributed by atoms with E-state index in [2.05, 4.69) is 12.6 Å². The average Bonchev–Trinajstić information content (AvgIpc) is 1.84. The van der Waals surface area contributed by atoms with Crippen molar-refractivity contribution in [1.82, 2.24) is 0 Å². The van der Waals surface area contributed by atoms with Crippen molar-refractivity contribution in [1.29, 1.82) is 0 Å². The van der Waals surface area contributed by atoms with E-state index < -0.39 is 0 Å². The van der Waals surface area contributed by atoms with Gasteiger partial charge in [0.05, 0.1) is 0 Å². The zero-order valence-corrected chi connectivity index (χ0v) is 6.90. The lowest BCUT2D eigenvalue weighted by atomic mass is 10.1. The Hall–Kier alpha value is -0.240. The van der Waals surface area contributed by atoms with Crippen LogP contribution in [0.2, 0.25) is 0 Å². The monoisotopic (exact) mass is 144 g/mol. The summed E-state index contributed by atoms with van der Waals surface area (Å²) in [7, 11) is 0. The highest BCUT2D eigenvalue weighted by Gasteiger charge is 2.08. The third-order valence-corrected chi connectivity index (χ3v) is 1.90. The second-order valence-corrected chi connectivity index (χ2v) is 2.53. The molecular formula is C7H12OS. The minimum atomic E-state index is -0.0643. The summed E-state index contributed by atoms with van der Waals surface area (Å²) in [5, 5.41) is -0.0643.